The number of carboxylic acids is 1. The van der Waals surface area contributed by atoms with Gasteiger partial charge in [0.15, 0.2) is 6.61 Å². The van der Waals surface area contributed by atoms with E-state index in [1.165, 1.54) is 0 Å². The lowest BCUT2D eigenvalue weighted by molar-refractivity contribution is -0.139. The van der Waals surface area contributed by atoms with Crippen molar-refractivity contribution in [2.75, 3.05) is 13.2 Å². The quantitative estimate of drug-likeness (QED) is 0.506. The van der Waals surface area contributed by atoms with Gasteiger partial charge in [-0.15, -0.1) is 0 Å². The molecule has 0 aromatic heterocycles. The van der Waals surface area contributed by atoms with Crippen molar-refractivity contribution in [3.05, 3.63) is 101 Å². The number of benzene rings is 3. The molecular weight excluding hydrogens is 388 g/mol. The minimum absolute atomic E-state index is 0.0150. The zero-order valence-electron chi connectivity index (χ0n) is 15.7. The molecule has 4 nitrogen and oxygen atoms in total. The summed E-state index contributed by atoms with van der Waals surface area (Å²) >= 11 is 6.08. The van der Waals surface area contributed by atoms with Gasteiger partial charge in [0.05, 0.1) is 0 Å². The Morgan fingerprint density at radius 2 is 1.41 bits per heavy atom. The smallest absolute Gasteiger partial charge is 0.341 e. The zero-order valence-corrected chi connectivity index (χ0v) is 16.5. The maximum atomic E-state index is 10.7. The van der Waals surface area contributed by atoms with E-state index in [9.17, 15) is 9.90 Å². The third-order valence-electron chi connectivity index (χ3n) is 4.42. The molecular formula is C24H21ClO4. The predicted molar refractivity (Wildman–Crippen MR) is 115 cm³/mol. The average Bonchev–Trinajstić information content (AvgIpc) is 2.74. The number of aliphatic carboxylic acids is 1. The van der Waals surface area contributed by atoms with Crippen molar-refractivity contribution >= 4 is 28.7 Å². The Morgan fingerprint density at radius 1 is 0.828 bits per heavy atom. The molecule has 3 aromatic rings. The van der Waals surface area contributed by atoms with E-state index in [1.807, 2.05) is 66.7 Å². The van der Waals surface area contributed by atoms with Gasteiger partial charge in [0.2, 0.25) is 0 Å². The SMILES string of the molecule is O=C(O)COc1ccc(/C(=C(/CCO)c2ccccc2)c2ccc(Cl)cc2)cc1. The van der Waals surface area contributed by atoms with E-state index in [1.54, 1.807) is 12.1 Å². The zero-order chi connectivity index (χ0) is 20.6. The summed E-state index contributed by atoms with van der Waals surface area (Å²) in [5.41, 5.74) is 4.92. The van der Waals surface area contributed by atoms with Crippen LogP contribution in [0.4, 0.5) is 0 Å². The van der Waals surface area contributed by atoms with E-state index >= 15 is 0 Å². The number of carbonyl (C=O) groups is 1. The molecule has 5 heteroatoms. The first-order valence-corrected chi connectivity index (χ1v) is 9.56. The van der Waals surface area contributed by atoms with Gasteiger partial charge in [-0.2, -0.15) is 0 Å². The molecule has 0 bridgehead atoms. The first kappa shape index (κ1) is 20.6. The molecule has 0 aliphatic heterocycles. The number of aliphatic hydroxyl groups excluding tert-OH is 1. The van der Waals surface area contributed by atoms with Crippen LogP contribution in [0.1, 0.15) is 23.1 Å². The first-order chi connectivity index (χ1) is 14.1. The van der Waals surface area contributed by atoms with Gasteiger partial charge in [0.1, 0.15) is 5.75 Å². The molecule has 0 heterocycles. The van der Waals surface area contributed by atoms with Crippen molar-refractivity contribution in [3.8, 4) is 5.75 Å². The van der Waals surface area contributed by atoms with Crippen LogP contribution in [-0.2, 0) is 4.79 Å². The molecule has 2 N–H and O–H groups in total. The summed E-state index contributed by atoms with van der Waals surface area (Å²) < 4.78 is 5.24. The number of aliphatic hydroxyl groups is 1. The summed E-state index contributed by atoms with van der Waals surface area (Å²) in [5.74, 6) is -0.542. The summed E-state index contributed by atoms with van der Waals surface area (Å²) in [5, 5.41) is 19.1. The highest BCUT2D eigenvalue weighted by atomic mass is 35.5. The van der Waals surface area contributed by atoms with Gasteiger partial charge in [0, 0.05) is 11.6 Å². The van der Waals surface area contributed by atoms with Crippen molar-refractivity contribution in [2.24, 2.45) is 0 Å². The monoisotopic (exact) mass is 408 g/mol. The molecule has 148 valence electrons. The number of halogens is 1. The van der Waals surface area contributed by atoms with Gasteiger partial charge in [0.25, 0.3) is 0 Å². The molecule has 0 aliphatic carbocycles. The average molecular weight is 409 g/mol. The van der Waals surface area contributed by atoms with Crippen molar-refractivity contribution in [1.82, 2.24) is 0 Å². The van der Waals surface area contributed by atoms with Crippen LogP contribution in [0.5, 0.6) is 5.75 Å². The minimum Gasteiger partial charge on any atom is -0.482 e. The van der Waals surface area contributed by atoms with Crippen LogP contribution in [0.3, 0.4) is 0 Å². The van der Waals surface area contributed by atoms with E-state index in [0.29, 0.717) is 17.2 Å². The van der Waals surface area contributed by atoms with Crippen LogP contribution in [0, 0.1) is 0 Å². The second-order valence-electron chi connectivity index (χ2n) is 6.41. The van der Waals surface area contributed by atoms with Crippen LogP contribution < -0.4 is 4.74 Å². The predicted octanol–water partition coefficient (Wildman–Crippen LogP) is 5.14. The molecule has 0 spiro atoms. The van der Waals surface area contributed by atoms with Crippen LogP contribution in [0.2, 0.25) is 5.02 Å². The third-order valence-corrected chi connectivity index (χ3v) is 4.68. The second kappa shape index (κ2) is 9.92. The Kier molecular flexibility index (Phi) is 7.06. The Hall–Kier alpha value is -3.08. The highest BCUT2D eigenvalue weighted by Crippen LogP contribution is 2.35. The summed E-state index contributed by atoms with van der Waals surface area (Å²) in [6.07, 6.45) is 0.485. The molecule has 3 rings (SSSR count). The maximum Gasteiger partial charge on any atom is 0.341 e. The van der Waals surface area contributed by atoms with E-state index in [4.69, 9.17) is 21.4 Å². The second-order valence-corrected chi connectivity index (χ2v) is 6.84. The van der Waals surface area contributed by atoms with E-state index in [0.717, 1.165) is 27.8 Å². The van der Waals surface area contributed by atoms with Gasteiger partial charge in [-0.3, -0.25) is 0 Å². The summed E-state index contributed by atoms with van der Waals surface area (Å²) in [7, 11) is 0. The molecule has 0 atom stereocenters. The molecule has 0 aliphatic rings. The summed E-state index contributed by atoms with van der Waals surface area (Å²) in [6.45, 7) is -0.375. The van der Waals surface area contributed by atoms with E-state index in [-0.39, 0.29) is 13.2 Å². The van der Waals surface area contributed by atoms with E-state index < -0.39 is 5.97 Å². The standard InChI is InChI=1S/C24H21ClO4/c25-20-10-6-18(7-11-20)24(22(14-15-26)17-4-2-1-3-5-17)19-8-12-21(13-9-19)29-16-23(27)28/h1-13,26H,14-16H2,(H,27,28)/b24-22-. The van der Waals surface area contributed by atoms with Crippen LogP contribution >= 0.6 is 11.6 Å². The van der Waals surface area contributed by atoms with Gasteiger partial charge in [-0.1, -0.05) is 66.2 Å². The molecule has 0 saturated heterocycles. The van der Waals surface area contributed by atoms with Crippen molar-refractivity contribution in [3.63, 3.8) is 0 Å². The molecule has 3 aromatic carbocycles. The normalized spacial score (nSPS) is 11.7. The Morgan fingerprint density at radius 3 is 1.97 bits per heavy atom. The molecule has 0 saturated carbocycles. The first-order valence-electron chi connectivity index (χ1n) is 9.19. The van der Waals surface area contributed by atoms with Crippen LogP contribution in [0.25, 0.3) is 11.1 Å². The largest absolute Gasteiger partial charge is 0.482 e. The topological polar surface area (TPSA) is 66.8 Å². The van der Waals surface area contributed by atoms with Crippen molar-refractivity contribution in [2.45, 2.75) is 6.42 Å². The third kappa shape index (κ3) is 5.47. The van der Waals surface area contributed by atoms with Gasteiger partial charge < -0.3 is 14.9 Å². The molecule has 0 amide bonds. The van der Waals surface area contributed by atoms with E-state index in [2.05, 4.69) is 0 Å². The lowest BCUT2D eigenvalue weighted by Crippen LogP contribution is -2.09. The fourth-order valence-electron chi connectivity index (χ4n) is 3.16. The number of rotatable bonds is 8. The number of ether oxygens (including phenoxy) is 1. The Balaban J connectivity index is 2.12. The lowest BCUT2D eigenvalue weighted by atomic mass is 9.88. The fourth-order valence-corrected chi connectivity index (χ4v) is 3.29. The number of hydrogen-bond acceptors (Lipinski definition) is 3. The van der Waals surface area contributed by atoms with Gasteiger partial charge in [-0.05, 0) is 58.5 Å². The Labute approximate surface area is 174 Å². The summed E-state index contributed by atoms with van der Waals surface area (Å²) in [4.78, 5) is 10.7. The van der Waals surface area contributed by atoms with Gasteiger partial charge >= 0.3 is 5.97 Å². The minimum atomic E-state index is -1.02. The maximum absolute atomic E-state index is 10.7. The van der Waals surface area contributed by atoms with Crippen molar-refractivity contribution in [1.29, 1.82) is 0 Å². The molecule has 0 fully saturated rings. The highest BCUT2D eigenvalue weighted by Gasteiger charge is 2.14. The molecule has 0 radical (unpaired) electrons. The molecule has 29 heavy (non-hydrogen) atoms. The van der Waals surface area contributed by atoms with Crippen molar-refractivity contribution < 1.29 is 19.7 Å². The lowest BCUT2D eigenvalue weighted by Gasteiger charge is -2.17. The highest BCUT2D eigenvalue weighted by molar-refractivity contribution is 6.30. The van der Waals surface area contributed by atoms with Gasteiger partial charge in [-0.25, -0.2) is 4.79 Å². The van der Waals surface area contributed by atoms with Crippen LogP contribution in [-0.4, -0.2) is 29.4 Å². The summed E-state index contributed by atoms with van der Waals surface area (Å²) in [6, 6.07) is 24.8. The molecule has 0 unspecified atom stereocenters. The number of hydrogen-bond donors (Lipinski definition) is 2. The number of carboxylic acid groups (broad SMARTS) is 1. The Bertz CT molecular complexity index is 978. The fraction of sp³-hybridized carbons (Fsp3) is 0.125. The van der Waals surface area contributed by atoms with Crippen LogP contribution in [0.15, 0.2) is 78.9 Å².